The summed E-state index contributed by atoms with van der Waals surface area (Å²) in [5, 5.41) is 0. The van der Waals surface area contributed by atoms with Gasteiger partial charge in [0.05, 0.1) is 11.8 Å². The van der Waals surface area contributed by atoms with E-state index in [0.717, 1.165) is 15.6 Å². The highest BCUT2D eigenvalue weighted by molar-refractivity contribution is 9.10. The molecule has 0 bridgehead atoms. The lowest BCUT2D eigenvalue weighted by Gasteiger charge is -2.08. The molecule has 0 saturated carbocycles. The van der Waals surface area contributed by atoms with Gasteiger partial charge >= 0.3 is 0 Å². The summed E-state index contributed by atoms with van der Waals surface area (Å²) in [4.78, 5) is 8.43. The maximum Gasteiger partial charge on any atom is 0.151 e. The second kappa shape index (κ2) is 3.24. The lowest BCUT2D eigenvalue weighted by Crippen LogP contribution is -2.02. The summed E-state index contributed by atoms with van der Waals surface area (Å²) in [6.07, 6.45) is 1.79. The first kappa shape index (κ1) is 9.45. The summed E-state index contributed by atoms with van der Waals surface area (Å²) < 4.78 is 2.74. The van der Waals surface area contributed by atoms with Gasteiger partial charge in [0.2, 0.25) is 0 Å². The van der Waals surface area contributed by atoms with Crippen molar-refractivity contribution in [2.75, 3.05) is 5.73 Å². The third-order valence-corrected chi connectivity index (χ3v) is 2.51. The smallest absolute Gasteiger partial charge is 0.151 e. The molecule has 2 aromatic heterocycles. The molecular weight excluding hydrogens is 244 g/mol. The average Bonchev–Trinajstić information content (AvgIpc) is 2.47. The van der Waals surface area contributed by atoms with Crippen LogP contribution in [0.25, 0.3) is 11.0 Å². The highest BCUT2D eigenvalue weighted by Crippen LogP contribution is 2.24. The van der Waals surface area contributed by atoms with Gasteiger partial charge in [-0.2, -0.15) is 0 Å². The zero-order chi connectivity index (χ0) is 10.3. The molecule has 74 valence electrons. The van der Waals surface area contributed by atoms with Crippen molar-refractivity contribution in [1.29, 1.82) is 0 Å². The van der Waals surface area contributed by atoms with E-state index in [0.29, 0.717) is 11.9 Å². The van der Waals surface area contributed by atoms with E-state index < -0.39 is 0 Å². The Kier molecular flexibility index (Phi) is 2.19. The predicted octanol–water partition coefficient (Wildman–Crippen LogP) is 2.36. The van der Waals surface area contributed by atoms with Crippen LogP contribution in [0.4, 0.5) is 5.82 Å². The summed E-state index contributed by atoms with van der Waals surface area (Å²) >= 11 is 3.29. The standard InChI is InChI=1S/C9H11BrN4/c1-5(2)14-4-12-6-3-7(10)13-9(11)8(6)14/h3-5H,1-2H3,(H2,11,13). The fourth-order valence-corrected chi connectivity index (χ4v) is 1.86. The van der Waals surface area contributed by atoms with Crippen LogP contribution in [-0.4, -0.2) is 14.5 Å². The number of aromatic nitrogens is 3. The van der Waals surface area contributed by atoms with Gasteiger partial charge in [0.1, 0.15) is 10.1 Å². The molecule has 0 amide bonds. The number of halogens is 1. The van der Waals surface area contributed by atoms with Crippen molar-refractivity contribution in [1.82, 2.24) is 14.5 Å². The summed E-state index contributed by atoms with van der Waals surface area (Å²) in [5.41, 5.74) is 7.62. The molecule has 0 aliphatic carbocycles. The fourth-order valence-electron chi connectivity index (χ4n) is 1.45. The van der Waals surface area contributed by atoms with Crippen LogP contribution >= 0.6 is 15.9 Å². The lowest BCUT2D eigenvalue weighted by atomic mass is 10.3. The van der Waals surface area contributed by atoms with Crippen LogP contribution < -0.4 is 5.73 Å². The fraction of sp³-hybridized carbons (Fsp3) is 0.333. The van der Waals surface area contributed by atoms with E-state index in [1.54, 1.807) is 6.33 Å². The Labute approximate surface area is 90.3 Å². The molecule has 5 heteroatoms. The summed E-state index contributed by atoms with van der Waals surface area (Å²) in [6, 6.07) is 2.20. The number of hydrogen-bond acceptors (Lipinski definition) is 3. The van der Waals surface area contributed by atoms with Crippen LogP contribution in [0, 0.1) is 0 Å². The Hall–Kier alpha value is -1.10. The van der Waals surface area contributed by atoms with E-state index in [9.17, 15) is 0 Å². The maximum atomic E-state index is 5.84. The maximum absolute atomic E-state index is 5.84. The lowest BCUT2D eigenvalue weighted by molar-refractivity contribution is 0.617. The first-order valence-corrected chi connectivity index (χ1v) is 5.17. The van der Waals surface area contributed by atoms with Crippen LogP contribution in [0.3, 0.4) is 0 Å². The van der Waals surface area contributed by atoms with Crippen LogP contribution in [0.5, 0.6) is 0 Å². The highest BCUT2D eigenvalue weighted by Gasteiger charge is 2.10. The highest BCUT2D eigenvalue weighted by atomic mass is 79.9. The van der Waals surface area contributed by atoms with Crippen molar-refractivity contribution in [2.24, 2.45) is 0 Å². The van der Waals surface area contributed by atoms with Crippen LogP contribution in [0.2, 0.25) is 0 Å². The second-order valence-electron chi connectivity index (χ2n) is 3.44. The molecule has 0 aliphatic heterocycles. The Balaban J connectivity index is 2.79. The molecule has 2 aromatic rings. The summed E-state index contributed by atoms with van der Waals surface area (Å²) in [5.74, 6) is 0.514. The van der Waals surface area contributed by atoms with Crippen molar-refractivity contribution >= 4 is 32.8 Å². The number of fused-ring (bicyclic) bond motifs is 1. The van der Waals surface area contributed by atoms with E-state index in [2.05, 4.69) is 39.7 Å². The van der Waals surface area contributed by atoms with Crippen molar-refractivity contribution in [3.05, 3.63) is 17.0 Å². The minimum absolute atomic E-state index is 0.338. The third-order valence-electron chi connectivity index (χ3n) is 2.10. The number of imidazole rings is 1. The second-order valence-corrected chi connectivity index (χ2v) is 4.26. The molecule has 0 atom stereocenters. The van der Waals surface area contributed by atoms with Gasteiger partial charge in [-0.05, 0) is 35.8 Å². The number of nitrogen functional groups attached to an aromatic ring is 1. The van der Waals surface area contributed by atoms with Crippen molar-refractivity contribution in [2.45, 2.75) is 19.9 Å². The minimum Gasteiger partial charge on any atom is -0.382 e. The Morgan fingerprint density at radius 1 is 1.50 bits per heavy atom. The topological polar surface area (TPSA) is 56.7 Å². The predicted molar refractivity (Wildman–Crippen MR) is 60.0 cm³/mol. The number of anilines is 1. The Morgan fingerprint density at radius 2 is 2.21 bits per heavy atom. The molecule has 0 aromatic carbocycles. The van der Waals surface area contributed by atoms with E-state index in [1.807, 2.05) is 10.6 Å². The van der Waals surface area contributed by atoms with Gasteiger partial charge in [-0.25, -0.2) is 9.97 Å². The van der Waals surface area contributed by atoms with Gasteiger partial charge in [-0.1, -0.05) is 0 Å². The summed E-state index contributed by atoms with van der Waals surface area (Å²) in [7, 11) is 0. The molecule has 4 nitrogen and oxygen atoms in total. The number of hydrogen-bond donors (Lipinski definition) is 1. The van der Waals surface area contributed by atoms with Gasteiger partial charge in [0, 0.05) is 6.04 Å². The molecular formula is C9H11BrN4. The van der Waals surface area contributed by atoms with Crippen LogP contribution in [0.1, 0.15) is 19.9 Å². The molecule has 0 aliphatic rings. The first-order chi connectivity index (χ1) is 6.59. The number of nitrogens with zero attached hydrogens (tertiary/aromatic N) is 3. The van der Waals surface area contributed by atoms with Crippen molar-refractivity contribution in [3.8, 4) is 0 Å². The summed E-state index contributed by atoms with van der Waals surface area (Å²) in [6.45, 7) is 4.17. The number of nitrogens with two attached hydrogens (primary N) is 1. The monoisotopic (exact) mass is 254 g/mol. The molecule has 0 saturated heterocycles. The van der Waals surface area contributed by atoms with Gasteiger partial charge in [0.15, 0.2) is 5.82 Å². The van der Waals surface area contributed by atoms with Gasteiger partial charge < -0.3 is 10.3 Å². The van der Waals surface area contributed by atoms with Crippen molar-refractivity contribution in [3.63, 3.8) is 0 Å². The minimum atomic E-state index is 0.338. The normalized spacial score (nSPS) is 11.4. The molecule has 2 rings (SSSR count). The molecule has 0 fully saturated rings. The molecule has 0 spiro atoms. The van der Waals surface area contributed by atoms with Gasteiger partial charge in [-0.3, -0.25) is 0 Å². The zero-order valence-electron chi connectivity index (χ0n) is 8.03. The largest absolute Gasteiger partial charge is 0.382 e. The Morgan fingerprint density at radius 3 is 2.86 bits per heavy atom. The molecule has 0 radical (unpaired) electrons. The Bertz CT molecular complexity index is 475. The third kappa shape index (κ3) is 1.37. The number of rotatable bonds is 1. The van der Waals surface area contributed by atoms with E-state index in [4.69, 9.17) is 5.73 Å². The van der Waals surface area contributed by atoms with E-state index in [1.165, 1.54) is 0 Å². The zero-order valence-corrected chi connectivity index (χ0v) is 9.62. The molecule has 14 heavy (non-hydrogen) atoms. The molecule has 2 N–H and O–H groups in total. The first-order valence-electron chi connectivity index (χ1n) is 4.38. The van der Waals surface area contributed by atoms with Crippen LogP contribution in [-0.2, 0) is 0 Å². The van der Waals surface area contributed by atoms with Crippen LogP contribution in [0.15, 0.2) is 17.0 Å². The van der Waals surface area contributed by atoms with Crippen molar-refractivity contribution < 1.29 is 0 Å². The molecule has 0 unspecified atom stereocenters. The SMILES string of the molecule is CC(C)n1cnc2cc(Br)nc(N)c21. The van der Waals surface area contributed by atoms with Gasteiger partial charge in [-0.15, -0.1) is 0 Å². The average molecular weight is 255 g/mol. The van der Waals surface area contributed by atoms with E-state index in [-0.39, 0.29) is 0 Å². The molecule has 2 heterocycles. The van der Waals surface area contributed by atoms with Gasteiger partial charge in [0.25, 0.3) is 0 Å². The van der Waals surface area contributed by atoms with E-state index >= 15 is 0 Å². The number of pyridine rings is 1. The quantitative estimate of drug-likeness (QED) is 0.796.